The summed E-state index contributed by atoms with van der Waals surface area (Å²) in [5.41, 5.74) is -0.112. The molecule has 17 heavy (non-hydrogen) atoms. The van der Waals surface area contributed by atoms with Crippen molar-refractivity contribution in [3.8, 4) is 5.75 Å². The van der Waals surface area contributed by atoms with Crippen LogP contribution in [0.15, 0.2) is 51.7 Å². The van der Waals surface area contributed by atoms with E-state index in [2.05, 4.69) is 0 Å². The lowest BCUT2D eigenvalue weighted by molar-refractivity contribution is 0.0733. The minimum absolute atomic E-state index is 0.188. The summed E-state index contributed by atoms with van der Waals surface area (Å²) >= 11 is 0. The standard InChI is InChI=1S/C13H10O4/c1-9-7-11(8-12(14)16-9)17-13(15)10-5-3-2-4-6-10/h2-8H,1H3. The summed E-state index contributed by atoms with van der Waals surface area (Å²) in [7, 11) is 0. The van der Waals surface area contributed by atoms with Gasteiger partial charge in [0.1, 0.15) is 11.5 Å². The van der Waals surface area contributed by atoms with Gasteiger partial charge in [-0.25, -0.2) is 9.59 Å². The Labute approximate surface area is 97.5 Å². The van der Waals surface area contributed by atoms with E-state index in [-0.39, 0.29) is 5.75 Å². The second kappa shape index (κ2) is 4.65. The van der Waals surface area contributed by atoms with Crippen molar-refractivity contribution >= 4 is 5.97 Å². The van der Waals surface area contributed by atoms with Crippen molar-refractivity contribution in [2.75, 3.05) is 0 Å². The topological polar surface area (TPSA) is 56.5 Å². The molecule has 1 aromatic heterocycles. The Hall–Kier alpha value is -2.36. The first-order valence-corrected chi connectivity index (χ1v) is 5.04. The molecule has 0 radical (unpaired) electrons. The highest BCUT2D eigenvalue weighted by Gasteiger charge is 2.08. The Kier molecular flexibility index (Phi) is 3.05. The van der Waals surface area contributed by atoms with Crippen molar-refractivity contribution < 1.29 is 13.9 Å². The Balaban J connectivity index is 2.22. The highest BCUT2D eigenvalue weighted by Crippen LogP contribution is 2.12. The summed E-state index contributed by atoms with van der Waals surface area (Å²) in [6.45, 7) is 1.61. The molecular weight excluding hydrogens is 220 g/mol. The minimum atomic E-state index is -0.541. The number of aryl methyl sites for hydroxylation is 1. The van der Waals surface area contributed by atoms with Crippen LogP contribution in [0, 0.1) is 6.92 Å². The largest absolute Gasteiger partial charge is 0.428 e. The molecule has 0 aliphatic carbocycles. The molecule has 0 aliphatic rings. The maximum Gasteiger partial charge on any atom is 0.343 e. The van der Waals surface area contributed by atoms with Crippen LogP contribution in [0.1, 0.15) is 16.1 Å². The third-order valence-electron chi connectivity index (χ3n) is 2.09. The Morgan fingerprint density at radius 2 is 1.88 bits per heavy atom. The molecule has 0 amide bonds. The molecule has 0 unspecified atom stereocenters. The second-order valence-electron chi connectivity index (χ2n) is 3.48. The predicted octanol–water partition coefficient (Wildman–Crippen LogP) is 2.17. The van der Waals surface area contributed by atoms with Gasteiger partial charge >= 0.3 is 11.6 Å². The molecule has 0 bridgehead atoms. The number of carbonyl (C=O) groups excluding carboxylic acids is 1. The number of rotatable bonds is 2. The zero-order chi connectivity index (χ0) is 12.3. The summed E-state index contributed by atoms with van der Waals surface area (Å²) in [4.78, 5) is 22.8. The van der Waals surface area contributed by atoms with Crippen molar-refractivity contribution in [2.45, 2.75) is 6.92 Å². The number of hydrogen-bond donors (Lipinski definition) is 0. The number of ether oxygens (including phenoxy) is 1. The molecule has 0 aliphatic heterocycles. The predicted molar refractivity (Wildman–Crippen MR) is 61.1 cm³/mol. The van der Waals surface area contributed by atoms with Crippen molar-refractivity contribution in [3.05, 3.63) is 64.2 Å². The van der Waals surface area contributed by atoms with Crippen LogP contribution in [0.3, 0.4) is 0 Å². The van der Waals surface area contributed by atoms with Gasteiger partial charge in [-0.2, -0.15) is 0 Å². The van der Waals surface area contributed by atoms with E-state index in [9.17, 15) is 9.59 Å². The fourth-order valence-electron chi connectivity index (χ4n) is 1.37. The van der Waals surface area contributed by atoms with Crippen LogP contribution < -0.4 is 10.4 Å². The molecule has 1 aromatic carbocycles. The molecule has 0 atom stereocenters. The average Bonchev–Trinajstić information content (AvgIpc) is 2.28. The zero-order valence-electron chi connectivity index (χ0n) is 9.17. The van der Waals surface area contributed by atoms with Gasteiger partial charge in [0.05, 0.1) is 11.6 Å². The fourth-order valence-corrected chi connectivity index (χ4v) is 1.37. The van der Waals surface area contributed by atoms with Crippen molar-refractivity contribution in [1.29, 1.82) is 0 Å². The third-order valence-corrected chi connectivity index (χ3v) is 2.09. The summed E-state index contributed by atoms with van der Waals surface area (Å²) in [5, 5.41) is 0. The van der Waals surface area contributed by atoms with E-state index < -0.39 is 11.6 Å². The van der Waals surface area contributed by atoms with E-state index in [0.29, 0.717) is 11.3 Å². The zero-order valence-corrected chi connectivity index (χ0v) is 9.17. The molecule has 0 spiro atoms. The first kappa shape index (κ1) is 11.1. The molecule has 2 rings (SSSR count). The van der Waals surface area contributed by atoms with Gasteiger partial charge < -0.3 is 9.15 Å². The molecule has 0 saturated heterocycles. The smallest absolute Gasteiger partial charge is 0.343 e. The maximum absolute atomic E-state index is 11.7. The van der Waals surface area contributed by atoms with Crippen LogP contribution in [0.4, 0.5) is 0 Å². The van der Waals surface area contributed by atoms with Gasteiger partial charge in [-0.15, -0.1) is 0 Å². The Bertz CT molecular complexity index is 584. The summed E-state index contributed by atoms with van der Waals surface area (Å²) in [5.74, 6) is 0.0802. The molecule has 0 fully saturated rings. The first-order chi connectivity index (χ1) is 8.15. The molecule has 0 N–H and O–H groups in total. The van der Waals surface area contributed by atoms with Crippen molar-refractivity contribution in [2.24, 2.45) is 0 Å². The summed E-state index contributed by atoms with van der Waals surface area (Å²) in [6.07, 6.45) is 0. The van der Waals surface area contributed by atoms with E-state index >= 15 is 0 Å². The Morgan fingerprint density at radius 3 is 2.53 bits per heavy atom. The molecule has 4 heteroatoms. The van der Waals surface area contributed by atoms with Crippen LogP contribution in [0.25, 0.3) is 0 Å². The van der Waals surface area contributed by atoms with E-state index in [1.165, 1.54) is 6.07 Å². The van der Waals surface area contributed by atoms with Gasteiger partial charge in [-0.1, -0.05) is 18.2 Å². The average molecular weight is 230 g/mol. The number of carbonyl (C=O) groups is 1. The van der Waals surface area contributed by atoms with E-state index in [1.807, 2.05) is 0 Å². The maximum atomic E-state index is 11.7. The lowest BCUT2D eigenvalue weighted by Gasteiger charge is -2.03. The highest BCUT2D eigenvalue weighted by atomic mass is 16.5. The SMILES string of the molecule is Cc1cc(OC(=O)c2ccccc2)cc(=O)o1. The lowest BCUT2D eigenvalue weighted by Crippen LogP contribution is -2.10. The molecule has 2 aromatic rings. The lowest BCUT2D eigenvalue weighted by atomic mass is 10.2. The normalized spacial score (nSPS) is 9.94. The molecule has 86 valence electrons. The van der Waals surface area contributed by atoms with Gasteiger partial charge in [0, 0.05) is 6.07 Å². The van der Waals surface area contributed by atoms with Crippen LogP contribution in [-0.4, -0.2) is 5.97 Å². The molecule has 1 heterocycles. The third kappa shape index (κ3) is 2.81. The van der Waals surface area contributed by atoms with E-state index in [4.69, 9.17) is 9.15 Å². The van der Waals surface area contributed by atoms with Gasteiger partial charge in [0.25, 0.3) is 0 Å². The van der Waals surface area contributed by atoms with E-state index in [1.54, 1.807) is 37.3 Å². The van der Waals surface area contributed by atoms with Crippen LogP contribution in [-0.2, 0) is 0 Å². The number of esters is 1. The van der Waals surface area contributed by atoms with Crippen LogP contribution in [0.2, 0.25) is 0 Å². The second-order valence-corrected chi connectivity index (χ2v) is 3.48. The summed E-state index contributed by atoms with van der Waals surface area (Å²) < 4.78 is 9.82. The quantitative estimate of drug-likeness (QED) is 0.742. The Morgan fingerprint density at radius 1 is 1.18 bits per heavy atom. The number of benzene rings is 1. The van der Waals surface area contributed by atoms with Gasteiger partial charge in [-0.05, 0) is 19.1 Å². The van der Waals surface area contributed by atoms with Gasteiger partial charge in [0.2, 0.25) is 0 Å². The van der Waals surface area contributed by atoms with Crippen molar-refractivity contribution in [1.82, 2.24) is 0 Å². The fraction of sp³-hybridized carbons (Fsp3) is 0.0769. The highest BCUT2D eigenvalue weighted by molar-refractivity contribution is 5.90. The minimum Gasteiger partial charge on any atom is -0.428 e. The van der Waals surface area contributed by atoms with Crippen LogP contribution in [0.5, 0.6) is 5.75 Å². The molecule has 4 nitrogen and oxygen atoms in total. The molecule has 0 saturated carbocycles. The van der Waals surface area contributed by atoms with Crippen molar-refractivity contribution in [3.63, 3.8) is 0 Å². The molecular formula is C13H10O4. The first-order valence-electron chi connectivity index (χ1n) is 5.04. The number of hydrogen-bond acceptors (Lipinski definition) is 4. The summed E-state index contributed by atoms with van der Waals surface area (Å²) in [6, 6.07) is 11.2. The van der Waals surface area contributed by atoms with Gasteiger partial charge in [-0.3, -0.25) is 0 Å². The van der Waals surface area contributed by atoms with Gasteiger partial charge in [0.15, 0.2) is 0 Å². The monoisotopic (exact) mass is 230 g/mol. The van der Waals surface area contributed by atoms with E-state index in [0.717, 1.165) is 6.07 Å². The van der Waals surface area contributed by atoms with Crippen LogP contribution >= 0.6 is 0 Å².